The SMILES string of the molecule is CCC(O)C[P+](c1ccccc1)(c1ccccc1)c1cc(C(C)(C)C)cc(C(C)(C)C)c1O. The Bertz CT molecular complexity index is 1020. The highest BCUT2D eigenvalue weighted by Gasteiger charge is 2.50. The highest BCUT2D eigenvalue weighted by atomic mass is 31.2. The van der Waals surface area contributed by atoms with Gasteiger partial charge in [0, 0.05) is 5.56 Å². The van der Waals surface area contributed by atoms with E-state index in [0.29, 0.717) is 18.3 Å². The number of aliphatic hydroxyl groups is 1. The first-order chi connectivity index (χ1) is 15.4. The van der Waals surface area contributed by atoms with Crippen molar-refractivity contribution in [1.29, 1.82) is 0 Å². The van der Waals surface area contributed by atoms with Gasteiger partial charge in [0.05, 0.1) is 12.3 Å². The summed E-state index contributed by atoms with van der Waals surface area (Å²) in [6, 6.07) is 25.4. The summed E-state index contributed by atoms with van der Waals surface area (Å²) in [6.45, 7) is 15.2. The predicted octanol–water partition coefficient (Wildman–Crippen LogP) is 6.05. The smallest absolute Gasteiger partial charge is 0.162 e. The molecule has 0 aliphatic heterocycles. The lowest BCUT2D eigenvalue weighted by Crippen LogP contribution is -2.38. The third-order valence-electron chi connectivity index (χ3n) is 6.52. The van der Waals surface area contributed by atoms with Crippen LogP contribution in [-0.4, -0.2) is 22.5 Å². The van der Waals surface area contributed by atoms with Gasteiger partial charge >= 0.3 is 0 Å². The van der Waals surface area contributed by atoms with E-state index in [1.54, 1.807) is 0 Å². The second-order valence-electron chi connectivity index (χ2n) is 11.1. The molecule has 0 heterocycles. The molecule has 0 saturated heterocycles. The number of hydrogen-bond acceptors (Lipinski definition) is 2. The lowest BCUT2D eigenvalue weighted by atomic mass is 9.80. The summed E-state index contributed by atoms with van der Waals surface area (Å²) in [7, 11) is -2.36. The van der Waals surface area contributed by atoms with Crippen LogP contribution in [0.2, 0.25) is 0 Å². The van der Waals surface area contributed by atoms with Gasteiger partial charge in [0.1, 0.15) is 23.2 Å². The van der Waals surface area contributed by atoms with Gasteiger partial charge in [-0.1, -0.05) is 90.9 Å². The Labute approximate surface area is 201 Å². The number of hydrogen-bond donors (Lipinski definition) is 2. The van der Waals surface area contributed by atoms with Gasteiger partial charge in [0.2, 0.25) is 0 Å². The van der Waals surface area contributed by atoms with E-state index < -0.39 is 13.4 Å². The number of benzene rings is 3. The topological polar surface area (TPSA) is 40.5 Å². The van der Waals surface area contributed by atoms with Crippen molar-refractivity contribution in [2.24, 2.45) is 0 Å². The van der Waals surface area contributed by atoms with Gasteiger partial charge < -0.3 is 10.2 Å². The van der Waals surface area contributed by atoms with Crippen LogP contribution in [0.1, 0.15) is 66.0 Å². The molecule has 3 heteroatoms. The maximum absolute atomic E-state index is 11.9. The summed E-state index contributed by atoms with van der Waals surface area (Å²) in [6.07, 6.45) is 0.810. The monoisotopic (exact) mass is 463 g/mol. The van der Waals surface area contributed by atoms with Crippen molar-refractivity contribution in [1.82, 2.24) is 0 Å². The number of aromatic hydroxyl groups is 1. The molecule has 33 heavy (non-hydrogen) atoms. The first-order valence-corrected chi connectivity index (χ1v) is 13.9. The Morgan fingerprint density at radius 2 is 1.24 bits per heavy atom. The standard InChI is InChI=1S/C30H39O2P/c1-8-23(31)21-33(24-15-11-9-12-16-24,25-17-13-10-14-18-25)27-20-22(29(2,3)4)19-26(28(27)32)30(5,6)7/h9-20,23,31H,8,21H2,1-7H3/p+1. The van der Waals surface area contributed by atoms with Gasteiger partial charge in [0.15, 0.2) is 5.75 Å². The van der Waals surface area contributed by atoms with Gasteiger partial charge in [-0.05, 0) is 53.1 Å². The van der Waals surface area contributed by atoms with Crippen LogP contribution in [0.5, 0.6) is 5.75 Å². The lowest BCUT2D eigenvalue weighted by Gasteiger charge is -2.33. The van der Waals surface area contributed by atoms with Gasteiger partial charge in [0.25, 0.3) is 0 Å². The number of phenols is 1. The highest BCUT2D eigenvalue weighted by molar-refractivity contribution is 7.95. The zero-order valence-corrected chi connectivity index (χ0v) is 22.2. The molecule has 3 rings (SSSR count). The van der Waals surface area contributed by atoms with Crippen molar-refractivity contribution in [3.8, 4) is 5.75 Å². The summed E-state index contributed by atoms with van der Waals surface area (Å²) >= 11 is 0. The van der Waals surface area contributed by atoms with E-state index in [2.05, 4.69) is 102 Å². The Balaban J connectivity index is 2.52. The lowest BCUT2D eigenvalue weighted by molar-refractivity contribution is 0.194. The molecule has 0 aliphatic carbocycles. The molecule has 1 unspecified atom stereocenters. The Morgan fingerprint density at radius 3 is 1.64 bits per heavy atom. The highest BCUT2D eigenvalue weighted by Crippen LogP contribution is 2.59. The molecule has 0 bridgehead atoms. The molecule has 0 fully saturated rings. The fraction of sp³-hybridized carbons (Fsp3) is 0.400. The fourth-order valence-corrected chi connectivity index (χ4v) is 9.03. The summed E-state index contributed by atoms with van der Waals surface area (Å²) in [4.78, 5) is 0. The third kappa shape index (κ3) is 5.18. The molecule has 1 atom stereocenters. The molecule has 0 aromatic heterocycles. The summed E-state index contributed by atoms with van der Waals surface area (Å²) in [5.74, 6) is 0.375. The third-order valence-corrected chi connectivity index (χ3v) is 11.0. The van der Waals surface area contributed by atoms with Crippen LogP contribution >= 0.6 is 7.26 Å². The summed E-state index contributed by atoms with van der Waals surface area (Å²) in [5.41, 5.74) is 1.89. The molecule has 2 nitrogen and oxygen atoms in total. The molecule has 176 valence electrons. The quantitative estimate of drug-likeness (QED) is 0.437. The molecule has 0 aliphatic rings. The zero-order chi connectivity index (χ0) is 24.4. The largest absolute Gasteiger partial charge is 0.504 e. The molecule has 0 radical (unpaired) electrons. The molecule has 0 amide bonds. The molecular weight excluding hydrogens is 423 g/mol. The van der Waals surface area contributed by atoms with E-state index in [4.69, 9.17) is 0 Å². The Kier molecular flexibility index (Phi) is 7.42. The van der Waals surface area contributed by atoms with Gasteiger partial charge in [-0.3, -0.25) is 0 Å². The van der Waals surface area contributed by atoms with E-state index in [1.807, 2.05) is 19.1 Å². The molecule has 3 aromatic carbocycles. The molecule has 0 spiro atoms. The fourth-order valence-electron chi connectivity index (χ4n) is 4.46. The van der Waals surface area contributed by atoms with E-state index in [9.17, 15) is 10.2 Å². The number of rotatable bonds is 6. The van der Waals surface area contributed by atoms with E-state index in [0.717, 1.165) is 10.9 Å². The van der Waals surface area contributed by atoms with Gasteiger partial charge in [-0.2, -0.15) is 0 Å². The van der Waals surface area contributed by atoms with Gasteiger partial charge in [-0.25, -0.2) is 0 Å². The van der Waals surface area contributed by atoms with Crippen LogP contribution in [0, 0.1) is 0 Å². The van der Waals surface area contributed by atoms with Crippen molar-refractivity contribution >= 4 is 23.2 Å². The molecule has 2 N–H and O–H groups in total. The second kappa shape index (κ2) is 9.61. The average Bonchev–Trinajstić information content (AvgIpc) is 2.77. The van der Waals surface area contributed by atoms with Gasteiger partial charge in [-0.15, -0.1) is 0 Å². The summed E-state index contributed by atoms with van der Waals surface area (Å²) in [5, 5.41) is 26.3. The van der Waals surface area contributed by atoms with Crippen LogP contribution in [0.4, 0.5) is 0 Å². The van der Waals surface area contributed by atoms with Crippen LogP contribution in [0.15, 0.2) is 72.8 Å². The maximum atomic E-state index is 11.9. The van der Waals surface area contributed by atoms with Crippen molar-refractivity contribution < 1.29 is 10.2 Å². The van der Waals surface area contributed by atoms with E-state index in [1.165, 1.54) is 16.2 Å². The van der Waals surface area contributed by atoms with Crippen LogP contribution in [0.3, 0.4) is 0 Å². The minimum Gasteiger partial charge on any atom is -0.504 e. The van der Waals surface area contributed by atoms with Crippen molar-refractivity contribution in [3.05, 3.63) is 83.9 Å². The normalized spacial score (nSPS) is 13.7. The van der Waals surface area contributed by atoms with E-state index in [-0.39, 0.29) is 10.8 Å². The first-order valence-electron chi connectivity index (χ1n) is 12.0. The van der Waals surface area contributed by atoms with Crippen molar-refractivity contribution in [2.75, 3.05) is 6.16 Å². The van der Waals surface area contributed by atoms with Crippen molar-refractivity contribution in [2.45, 2.75) is 71.8 Å². The first kappa shape index (κ1) is 25.5. The Morgan fingerprint density at radius 1 is 0.758 bits per heavy atom. The molecule has 0 saturated carbocycles. The van der Waals surface area contributed by atoms with Crippen LogP contribution in [0.25, 0.3) is 0 Å². The minimum atomic E-state index is -2.36. The zero-order valence-electron chi connectivity index (χ0n) is 21.3. The van der Waals surface area contributed by atoms with E-state index >= 15 is 0 Å². The number of phenolic OH excluding ortho intramolecular Hbond substituents is 1. The predicted molar refractivity (Wildman–Crippen MR) is 145 cm³/mol. The molecular formula is C30H40O2P+. The van der Waals surface area contributed by atoms with Crippen molar-refractivity contribution in [3.63, 3.8) is 0 Å². The average molecular weight is 464 g/mol. The van der Waals surface area contributed by atoms with Crippen LogP contribution < -0.4 is 15.9 Å². The molecule has 3 aromatic rings. The summed E-state index contributed by atoms with van der Waals surface area (Å²) < 4.78 is 0. The maximum Gasteiger partial charge on any atom is 0.162 e. The number of aliphatic hydroxyl groups excluding tert-OH is 1. The second-order valence-corrected chi connectivity index (χ2v) is 14.6. The minimum absolute atomic E-state index is 0.0745. The van der Waals surface area contributed by atoms with Crippen LogP contribution in [-0.2, 0) is 10.8 Å². The Hall–Kier alpha value is -2.15.